The molecule has 0 radical (unpaired) electrons. The second kappa shape index (κ2) is 9.26. The number of carbonyl (C=O) groups is 1. The summed E-state index contributed by atoms with van der Waals surface area (Å²) in [6.45, 7) is 6.09. The molecule has 0 saturated carbocycles. The Morgan fingerprint density at radius 3 is 2.59 bits per heavy atom. The Labute approximate surface area is 145 Å². The number of hydrogen-bond acceptors (Lipinski definition) is 4. The zero-order chi connectivity index (χ0) is 16.6. The van der Waals surface area contributed by atoms with Crippen LogP contribution < -0.4 is 0 Å². The molecule has 1 atom stereocenters. The normalized spacial score (nSPS) is 12.9. The number of halogens is 1. The smallest absolute Gasteiger partial charge is 0.318 e. The van der Waals surface area contributed by atoms with E-state index in [2.05, 4.69) is 6.58 Å². The molecule has 1 unspecified atom stereocenters. The van der Waals surface area contributed by atoms with Crippen LogP contribution in [0.15, 0.2) is 47.9 Å². The number of ether oxygens (including phenoxy) is 1. The Bertz CT molecular complexity index is 589. The maximum Gasteiger partial charge on any atom is 0.318 e. The summed E-state index contributed by atoms with van der Waals surface area (Å²) in [4.78, 5) is 11.8. The van der Waals surface area contributed by atoms with E-state index in [4.69, 9.17) is 4.74 Å². The lowest BCUT2D eigenvalue weighted by Gasteiger charge is -2.21. The van der Waals surface area contributed by atoms with Gasteiger partial charge in [0.25, 0.3) is 0 Å². The molecular formula is C15H20INO4S. The molecule has 0 fully saturated rings. The SMILES string of the molecule is C=CCN(CCC(I)C(=O)OCC)S(=O)(=O)c1ccccc1. The predicted octanol–water partition coefficient (Wildman–Crippen LogP) is 2.62. The number of hydrogen-bond donors (Lipinski definition) is 0. The Hall–Kier alpha value is -0.930. The van der Waals surface area contributed by atoms with E-state index in [1.54, 1.807) is 37.3 Å². The third-order valence-corrected chi connectivity index (χ3v) is 5.90. The largest absolute Gasteiger partial charge is 0.465 e. The number of alkyl halides is 1. The van der Waals surface area contributed by atoms with Crippen molar-refractivity contribution in [3.8, 4) is 0 Å². The van der Waals surface area contributed by atoms with Crippen LogP contribution in [-0.2, 0) is 19.6 Å². The molecule has 0 bridgehead atoms. The summed E-state index contributed by atoms with van der Waals surface area (Å²) in [5.74, 6) is -0.321. The van der Waals surface area contributed by atoms with Gasteiger partial charge in [-0.2, -0.15) is 4.31 Å². The van der Waals surface area contributed by atoms with Crippen LogP contribution in [0.5, 0.6) is 0 Å². The molecule has 0 heterocycles. The van der Waals surface area contributed by atoms with Gasteiger partial charge in [-0.05, 0) is 25.5 Å². The summed E-state index contributed by atoms with van der Waals surface area (Å²) in [7, 11) is -3.59. The highest BCUT2D eigenvalue weighted by atomic mass is 127. The Morgan fingerprint density at radius 2 is 2.05 bits per heavy atom. The zero-order valence-electron chi connectivity index (χ0n) is 12.4. The van der Waals surface area contributed by atoms with Gasteiger partial charge < -0.3 is 4.74 Å². The van der Waals surface area contributed by atoms with Crippen molar-refractivity contribution in [2.45, 2.75) is 22.2 Å². The van der Waals surface area contributed by atoms with E-state index in [0.717, 1.165) is 0 Å². The van der Waals surface area contributed by atoms with Crippen molar-refractivity contribution in [2.75, 3.05) is 19.7 Å². The van der Waals surface area contributed by atoms with Crippen LogP contribution in [0.3, 0.4) is 0 Å². The standard InChI is InChI=1S/C15H20INO4S/c1-3-11-17(12-10-14(16)15(18)21-4-2)22(19,20)13-8-6-5-7-9-13/h3,5-9,14H,1,4,10-12H2,2H3. The van der Waals surface area contributed by atoms with Crippen LogP contribution in [0.2, 0.25) is 0 Å². The number of sulfonamides is 1. The first-order chi connectivity index (χ1) is 10.4. The monoisotopic (exact) mass is 437 g/mol. The van der Waals surface area contributed by atoms with Crippen LogP contribution in [0.1, 0.15) is 13.3 Å². The molecular weight excluding hydrogens is 417 g/mol. The fraction of sp³-hybridized carbons (Fsp3) is 0.400. The summed E-state index contributed by atoms with van der Waals surface area (Å²) < 4.78 is 31.1. The average Bonchev–Trinajstić information content (AvgIpc) is 2.52. The maximum atomic E-state index is 12.6. The van der Waals surface area contributed by atoms with Crippen molar-refractivity contribution < 1.29 is 17.9 Å². The van der Waals surface area contributed by atoms with Crippen LogP contribution in [-0.4, -0.2) is 42.3 Å². The van der Waals surface area contributed by atoms with Crippen molar-refractivity contribution >= 4 is 38.6 Å². The van der Waals surface area contributed by atoms with Crippen molar-refractivity contribution in [1.82, 2.24) is 4.31 Å². The quantitative estimate of drug-likeness (QED) is 0.258. The number of carbonyl (C=O) groups excluding carboxylic acids is 1. The summed E-state index contributed by atoms with van der Waals surface area (Å²) in [6, 6.07) is 8.23. The topological polar surface area (TPSA) is 63.7 Å². The second-order valence-corrected chi connectivity index (χ2v) is 7.91. The molecule has 22 heavy (non-hydrogen) atoms. The molecule has 0 spiro atoms. The van der Waals surface area contributed by atoms with Crippen molar-refractivity contribution in [3.05, 3.63) is 43.0 Å². The highest BCUT2D eigenvalue weighted by molar-refractivity contribution is 14.1. The molecule has 5 nitrogen and oxygen atoms in total. The summed E-state index contributed by atoms with van der Waals surface area (Å²) in [6.07, 6.45) is 1.92. The summed E-state index contributed by atoms with van der Waals surface area (Å²) >= 11 is 1.97. The fourth-order valence-electron chi connectivity index (χ4n) is 1.80. The van der Waals surface area contributed by atoms with Crippen molar-refractivity contribution in [2.24, 2.45) is 0 Å². The van der Waals surface area contributed by atoms with E-state index in [9.17, 15) is 13.2 Å². The van der Waals surface area contributed by atoms with Gasteiger partial charge in [0.05, 0.1) is 11.5 Å². The second-order valence-electron chi connectivity index (χ2n) is 4.47. The molecule has 0 amide bonds. The maximum absolute atomic E-state index is 12.6. The third kappa shape index (κ3) is 5.36. The minimum atomic E-state index is -3.59. The van der Waals surface area contributed by atoms with E-state index in [1.807, 2.05) is 22.6 Å². The minimum absolute atomic E-state index is 0.198. The Morgan fingerprint density at radius 1 is 1.41 bits per heavy atom. The molecule has 0 aliphatic carbocycles. The highest BCUT2D eigenvalue weighted by Crippen LogP contribution is 2.17. The number of benzene rings is 1. The van der Waals surface area contributed by atoms with Gasteiger partial charge in [0.1, 0.15) is 3.92 Å². The molecule has 1 aromatic carbocycles. The molecule has 1 rings (SSSR count). The molecule has 7 heteroatoms. The van der Waals surface area contributed by atoms with Gasteiger partial charge in [0, 0.05) is 13.1 Å². The Kier molecular flexibility index (Phi) is 8.05. The van der Waals surface area contributed by atoms with Gasteiger partial charge in [-0.1, -0.05) is 46.9 Å². The zero-order valence-corrected chi connectivity index (χ0v) is 15.4. The van der Waals surface area contributed by atoms with E-state index >= 15 is 0 Å². The van der Waals surface area contributed by atoms with E-state index in [0.29, 0.717) is 13.0 Å². The molecule has 0 aliphatic rings. The van der Waals surface area contributed by atoms with E-state index in [-0.39, 0.29) is 27.9 Å². The van der Waals surface area contributed by atoms with Crippen LogP contribution in [0.25, 0.3) is 0 Å². The summed E-state index contributed by atoms with van der Waals surface area (Å²) in [5.41, 5.74) is 0. The van der Waals surface area contributed by atoms with Gasteiger partial charge in [-0.3, -0.25) is 4.79 Å². The molecule has 0 aliphatic heterocycles. The third-order valence-electron chi connectivity index (χ3n) is 2.89. The first-order valence-electron chi connectivity index (χ1n) is 6.90. The first kappa shape index (κ1) is 19.1. The lowest BCUT2D eigenvalue weighted by Crippen LogP contribution is -2.34. The number of rotatable bonds is 9. The number of esters is 1. The summed E-state index contributed by atoms with van der Waals surface area (Å²) in [5, 5.41) is 0. The van der Waals surface area contributed by atoms with Gasteiger partial charge in [-0.25, -0.2) is 8.42 Å². The lowest BCUT2D eigenvalue weighted by atomic mass is 10.3. The van der Waals surface area contributed by atoms with Crippen molar-refractivity contribution in [3.63, 3.8) is 0 Å². The van der Waals surface area contributed by atoms with Crippen LogP contribution in [0.4, 0.5) is 0 Å². The Balaban J connectivity index is 2.81. The highest BCUT2D eigenvalue weighted by Gasteiger charge is 2.25. The molecule has 0 N–H and O–H groups in total. The first-order valence-corrected chi connectivity index (χ1v) is 9.58. The van der Waals surface area contributed by atoms with Crippen LogP contribution >= 0.6 is 22.6 Å². The predicted molar refractivity (Wildman–Crippen MR) is 94.5 cm³/mol. The molecule has 1 aromatic rings. The lowest BCUT2D eigenvalue weighted by molar-refractivity contribution is -0.142. The number of nitrogens with zero attached hydrogens (tertiary/aromatic N) is 1. The minimum Gasteiger partial charge on any atom is -0.465 e. The van der Waals surface area contributed by atoms with Crippen LogP contribution in [0, 0.1) is 0 Å². The van der Waals surface area contributed by atoms with Gasteiger partial charge in [-0.15, -0.1) is 6.58 Å². The van der Waals surface area contributed by atoms with Crippen molar-refractivity contribution in [1.29, 1.82) is 0 Å². The van der Waals surface area contributed by atoms with E-state index < -0.39 is 10.0 Å². The molecule has 0 aromatic heterocycles. The molecule has 0 saturated heterocycles. The average molecular weight is 437 g/mol. The fourth-order valence-corrected chi connectivity index (χ4v) is 3.71. The molecule has 122 valence electrons. The van der Waals surface area contributed by atoms with E-state index in [1.165, 1.54) is 10.4 Å². The van der Waals surface area contributed by atoms with Gasteiger partial charge in [0.15, 0.2) is 0 Å². The van der Waals surface area contributed by atoms with Gasteiger partial charge >= 0.3 is 5.97 Å². The van der Waals surface area contributed by atoms with Gasteiger partial charge in [0.2, 0.25) is 10.0 Å².